The van der Waals surface area contributed by atoms with Gasteiger partial charge in [-0.05, 0) is 37.1 Å². The van der Waals surface area contributed by atoms with E-state index < -0.39 is 0 Å². The van der Waals surface area contributed by atoms with Crippen molar-refractivity contribution >= 4 is 6.03 Å². The Labute approximate surface area is 135 Å². The number of urea groups is 1. The number of furan rings is 1. The summed E-state index contributed by atoms with van der Waals surface area (Å²) in [7, 11) is 0. The van der Waals surface area contributed by atoms with Gasteiger partial charge in [0.05, 0.1) is 31.2 Å². The highest BCUT2D eigenvalue weighted by Crippen LogP contribution is 2.12. The molecule has 1 N–H and O–H groups in total. The predicted octanol–water partition coefficient (Wildman–Crippen LogP) is 2.57. The van der Waals surface area contributed by atoms with Crippen molar-refractivity contribution in [3.05, 3.63) is 54.2 Å². The van der Waals surface area contributed by atoms with Crippen molar-refractivity contribution in [3.63, 3.8) is 0 Å². The van der Waals surface area contributed by atoms with Crippen molar-refractivity contribution < 1.29 is 13.9 Å². The van der Waals surface area contributed by atoms with Crippen LogP contribution in [0.25, 0.3) is 0 Å². The molecule has 2 aromatic rings. The van der Waals surface area contributed by atoms with Crippen LogP contribution < -0.4 is 5.32 Å². The van der Waals surface area contributed by atoms with Gasteiger partial charge in [0.1, 0.15) is 5.76 Å². The van der Waals surface area contributed by atoms with E-state index in [0.29, 0.717) is 19.6 Å². The van der Waals surface area contributed by atoms with Crippen LogP contribution in [0.5, 0.6) is 0 Å². The number of rotatable bonds is 6. The molecular formula is C17H21N3O3. The first-order valence-electron chi connectivity index (χ1n) is 7.88. The van der Waals surface area contributed by atoms with Gasteiger partial charge in [-0.2, -0.15) is 0 Å². The first kappa shape index (κ1) is 15.6. The summed E-state index contributed by atoms with van der Waals surface area (Å²) in [6, 6.07) is 9.22. The van der Waals surface area contributed by atoms with Gasteiger partial charge >= 0.3 is 6.03 Å². The van der Waals surface area contributed by atoms with Gasteiger partial charge in [-0.15, -0.1) is 0 Å². The Morgan fingerprint density at radius 3 is 2.96 bits per heavy atom. The van der Waals surface area contributed by atoms with Crippen LogP contribution in [0.4, 0.5) is 4.79 Å². The van der Waals surface area contributed by atoms with Crippen molar-refractivity contribution in [1.82, 2.24) is 15.2 Å². The van der Waals surface area contributed by atoms with E-state index in [4.69, 9.17) is 9.15 Å². The van der Waals surface area contributed by atoms with Gasteiger partial charge in [-0.25, -0.2) is 4.79 Å². The van der Waals surface area contributed by atoms with E-state index in [1.165, 1.54) is 0 Å². The molecule has 0 radical (unpaired) electrons. The van der Waals surface area contributed by atoms with Crippen molar-refractivity contribution in [2.75, 3.05) is 13.2 Å². The zero-order valence-electron chi connectivity index (χ0n) is 13.0. The van der Waals surface area contributed by atoms with Gasteiger partial charge in [0.25, 0.3) is 0 Å². The van der Waals surface area contributed by atoms with Crippen LogP contribution in [0.2, 0.25) is 0 Å². The maximum absolute atomic E-state index is 12.5. The van der Waals surface area contributed by atoms with Gasteiger partial charge in [0.2, 0.25) is 0 Å². The Morgan fingerprint density at radius 2 is 2.26 bits per heavy atom. The molecule has 0 aliphatic carbocycles. The van der Waals surface area contributed by atoms with Crippen molar-refractivity contribution in [2.24, 2.45) is 0 Å². The monoisotopic (exact) mass is 315 g/mol. The molecule has 1 aliphatic rings. The third-order valence-electron chi connectivity index (χ3n) is 3.80. The van der Waals surface area contributed by atoms with Crippen LogP contribution in [0.3, 0.4) is 0 Å². The number of ether oxygens (including phenoxy) is 1. The van der Waals surface area contributed by atoms with Crippen LogP contribution in [-0.4, -0.2) is 35.2 Å². The molecule has 0 saturated carbocycles. The van der Waals surface area contributed by atoms with Gasteiger partial charge in [0, 0.05) is 19.3 Å². The van der Waals surface area contributed by atoms with Crippen LogP contribution in [0.1, 0.15) is 24.3 Å². The number of nitrogens with zero attached hydrogens (tertiary/aromatic N) is 2. The normalized spacial score (nSPS) is 17.1. The SMILES string of the molecule is O=C(NCC1CCCO1)N(Cc1ccccn1)Cc1ccco1. The van der Waals surface area contributed by atoms with Crippen LogP contribution in [0.15, 0.2) is 47.2 Å². The molecule has 6 heteroatoms. The molecule has 3 rings (SSSR count). The van der Waals surface area contributed by atoms with E-state index in [-0.39, 0.29) is 12.1 Å². The number of carbonyl (C=O) groups is 1. The summed E-state index contributed by atoms with van der Waals surface area (Å²) in [5.41, 5.74) is 0.839. The average molecular weight is 315 g/mol. The second kappa shape index (κ2) is 7.78. The predicted molar refractivity (Wildman–Crippen MR) is 84.6 cm³/mol. The number of amides is 2. The number of hydrogen-bond acceptors (Lipinski definition) is 4. The second-order valence-corrected chi connectivity index (χ2v) is 5.58. The van der Waals surface area contributed by atoms with Crippen molar-refractivity contribution in [2.45, 2.75) is 32.0 Å². The number of hydrogen-bond donors (Lipinski definition) is 1. The van der Waals surface area contributed by atoms with E-state index >= 15 is 0 Å². The van der Waals surface area contributed by atoms with Crippen molar-refractivity contribution in [3.8, 4) is 0 Å². The number of aromatic nitrogens is 1. The Hall–Kier alpha value is -2.34. The molecule has 2 aromatic heterocycles. The highest BCUT2D eigenvalue weighted by Gasteiger charge is 2.20. The van der Waals surface area contributed by atoms with E-state index in [2.05, 4.69) is 10.3 Å². The van der Waals surface area contributed by atoms with E-state index in [0.717, 1.165) is 30.9 Å². The zero-order chi connectivity index (χ0) is 15.9. The van der Waals surface area contributed by atoms with E-state index in [1.807, 2.05) is 30.3 Å². The molecule has 3 heterocycles. The van der Waals surface area contributed by atoms with Gasteiger partial charge in [-0.1, -0.05) is 6.07 Å². The summed E-state index contributed by atoms with van der Waals surface area (Å²) < 4.78 is 10.9. The Morgan fingerprint density at radius 1 is 1.30 bits per heavy atom. The first-order valence-corrected chi connectivity index (χ1v) is 7.88. The first-order chi connectivity index (χ1) is 11.3. The lowest BCUT2D eigenvalue weighted by Gasteiger charge is -2.22. The molecule has 0 bridgehead atoms. The third kappa shape index (κ3) is 4.56. The second-order valence-electron chi connectivity index (χ2n) is 5.58. The fourth-order valence-corrected chi connectivity index (χ4v) is 2.60. The lowest BCUT2D eigenvalue weighted by molar-refractivity contribution is 0.108. The molecular weight excluding hydrogens is 294 g/mol. The minimum absolute atomic E-state index is 0.124. The summed E-state index contributed by atoms with van der Waals surface area (Å²) in [4.78, 5) is 18.5. The molecule has 0 spiro atoms. The van der Waals surface area contributed by atoms with Crippen LogP contribution in [0, 0.1) is 0 Å². The standard InChI is InChI=1S/C17H21N3O3/c21-17(19-11-15-6-3-9-22-15)20(13-16-7-4-10-23-16)12-14-5-1-2-8-18-14/h1-2,4-5,7-8,10,15H,3,6,9,11-13H2,(H,19,21). The van der Waals surface area contributed by atoms with Crippen LogP contribution >= 0.6 is 0 Å². The minimum Gasteiger partial charge on any atom is -0.467 e. The summed E-state index contributed by atoms with van der Waals surface area (Å²) >= 11 is 0. The van der Waals surface area contributed by atoms with E-state index in [9.17, 15) is 4.79 Å². The number of nitrogens with one attached hydrogen (secondary N) is 1. The quantitative estimate of drug-likeness (QED) is 0.889. The molecule has 1 atom stereocenters. The Balaban J connectivity index is 1.62. The van der Waals surface area contributed by atoms with Gasteiger partial charge < -0.3 is 19.4 Å². The van der Waals surface area contributed by atoms with Crippen LogP contribution in [-0.2, 0) is 17.8 Å². The molecule has 6 nitrogen and oxygen atoms in total. The molecule has 23 heavy (non-hydrogen) atoms. The molecule has 0 aromatic carbocycles. The van der Waals surface area contributed by atoms with E-state index in [1.54, 1.807) is 17.4 Å². The smallest absolute Gasteiger partial charge is 0.318 e. The topological polar surface area (TPSA) is 67.6 Å². The number of pyridine rings is 1. The summed E-state index contributed by atoms with van der Waals surface area (Å²) in [5.74, 6) is 0.744. The zero-order valence-corrected chi connectivity index (χ0v) is 13.0. The maximum Gasteiger partial charge on any atom is 0.318 e. The van der Waals surface area contributed by atoms with Gasteiger partial charge in [-0.3, -0.25) is 4.98 Å². The van der Waals surface area contributed by atoms with Crippen molar-refractivity contribution in [1.29, 1.82) is 0 Å². The summed E-state index contributed by atoms with van der Waals surface area (Å²) in [5, 5.41) is 2.95. The third-order valence-corrected chi connectivity index (χ3v) is 3.80. The average Bonchev–Trinajstić information content (AvgIpc) is 3.26. The molecule has 1 aliphatic heterocycles. The van der Waals surface area contributed by atoms with Gasteiger partial charge in [0.15, 0.2) is 0 Å². The molecule has 1 unspecified atom stereocenters. The fourth-order valence-electron chi connectivity index (χ4n) is 2.60. The molecule has 2 amide bonds. The lowest BCUT2D eigenvalue weighted by Crippen LogP contribution is -2.42. The fraction of sp³-hybridized carbons (Fsp3) is 0.412. The lowest BCUT2D eigenvalue weighted by atomic mass is 10.2. The largest absolute Gasteiger partial charge is 0.467 e. The Kier molecular flexibility index (Phi) is 5.26. The number of carbonyl (C=O) groups excluding carboxylic acids is 1. The summed E-state index contributed by atoms with van der Waals surface area (Å²) in [6.45, 7) is 2.15. The molecule has 1 saturated heterocycles. The molecule has 122 valence electrons. The highest BCUT2D eigenvalue weighted by molar-refractivity contribution is 5.74. The summed E-state index contributed by atoms with van der Waals surface area (Å²) in [6.07, 6.45) is 5.52. The highest BCUT2D eigenvalue weighted by atomic mass is 16.5. The maximum atomic E-state index is 12.5. The Bertz CT molecular complexity index is 595. The minimum atomic E-state index is -0.137. The molecule has 1 fully saturated rings.